The lowest BCUT2D eigenvalue weighted by atomic mass is 9.91. The van der Waals surface area contributed by atoms with Gasteiger partial charge in [0.15, 0.2) is 17.5 Å². The van der Waals surface area contributed by atoms with Crippen LogP contribution in [0.15, 0.2) is 188 Å². The molecule has 1 aromatic heterocycles. The Bertz CT molecular complexity index is 2620. The van der Waals surface area contributed by atoms with E-state index in [-0.39, 0.29) is 0 Å². The Morgan fingerprint density at radius 3 is 1.32 bits per heavy atom. The average molecular weight is 638 g/mol. The molecule has 8 aromatic carbocycles. The van der Waals surface area contributed by atoms with Gasteiger partial charge in [-0.2, -0.15) is 0 Å². The maximum atomic E-state index is 5.08. The lowest BCUT2D eigenvalue weighted by Gasteiger charge is -2.13. The van der Waals surface area contributed by atoms with Crippen LogP contribution in [-0.4, -0.2) is 15.0 Å². The molecule has 0 bridgehead atoms. The summed E-state index contributed by atoms with van der Waals surface area (Å²) in [5.41, 5.74) is 9.90. The fraction of sp³-hybridized carbons (Fsp3) is 0. The van der Waals surface area contributed by atoms with Gasteiger partial charge in [-0.3, -0.25) is 0 Å². The molecule has 0 unspecified atom stereocenters. The van der Waals surface area contributed by atoms with Crippen LogP contribution in [0.25, 0.3) is 89.1 Å². The van der Waals surface area contributed by atoms with Crippen molar-refractivity contribution in [2.24, 2.45) is 0 Å². The lowest BCUT2D eigenvalue weighted by Crippen LogP contribution is -2.00. The van der Waals surface area contributed by atoms with Gasteiger partial charge in [0.25, 0.3) is 0 Å². The van der Waals surface area contributed by atoms with E-state index >= 15 is 0 Å². The molecule has 3 nitrogen and oxygen atoms in total. The Morgan fingerprint density at radius 2 is 0.640 bits per heavy atom. The first-order chi connectivity index (χ1) is 24.8. The van der Waals surface area contributed by atoms with Crippen molar-refractivity contribution in [2.45, 2.75) is 0 Å². The van der Waals surface area contributed by atoms with Crippen LogP contribution in [0.1, 0.15) is 0 Å². The summed E-state index contributed by atoms with van der Waals surface area (Å²) in [5.74, 6) is 1.92. The Hall–Kier alpha value is -6.71. The van der Waals surface area contributed by atoms with Crippen molar-refractivity contribution in [1.82, 2.24) is 15.0 Å². The summed E-state index contributed by atoms with van der Waals surface area (Å²) in [4.78, 5) is 15.1. The molecule has 9 aromatic rings. The predicted octanol–water partition coefficient (Wildman–Crippen LogP) is 12.2. The fourth-order valence-electron chi connectivity index (χ4n) is 6.87. The highest BCUT2D eigenvalue weighted by Gasteiger charge is 2.15. The van der Waals surface area contributed by atoms with E-state index in [0.717, 1.165) is 27.8 Å². The zero-order valence-electron chi connectivity index (χ0n) is 27.2. The van der Waals surface area contributed by atoms with Crippen LogP contribution in [0, 0.1) is 0 Å². The van der Waals surface area contributed by atoms with E-state index in [2.05, 4.69) is 158 Å². The molecule has 0 spiro atoms. The van der Waals surface area contributed by atoms with E-state index in [9.17, 15) is 0 Å². The van der Waals surface area contributed by atoms with Crippen LogP contribution in [0.2, 0.25) is 0 Å². The van der Waals surface area contributed by atoms with E-state index in [4.69, 9.17) is 15.0 Å². The van der Waals surface area contributed by atoms with E-state index in [0.29, 0.717) is 17.5 Å². The van der Waals surface area contributed by atoms with Gasteiger partial charge in [0.05, 0.1) is 0 Å². The van der Waals surface area contributed by atoms with Gasteiger partial charge in [-0.25, -0.2) is 15.0 Å². The van der Waals surface area contributed by atoms with Crippen LogP contribution in [0.5, 0.6) is 0 Å². The first-order valence-corrected chi connectivity index (χ1v) is 16.9. The van der Waals surface area contributed by atoms with Gasteiger partial charge < -0.3 is 0 Å². The predicted molar refractivity (Wildman–Crippen MR) is 207 cm³/mol. The Balaban J connectivity index is 1.14. The summed E-state index contributed by atoms with van der Waals surface area (Å²) in [6.07, 6.45) is 0. The molecule has 0 aliphatic carbocycles. The Morgan fingerprint density at radius 1 is 0.240 bits per heavy atom. The summed E-state index contributed by atoms with van der Waals surface area (Å²) in [7, 11) is 0. The zero-order valence-corrected chi connectivity index (χ0v) is 27.2. The quantitative estimate of drug-likeness (QED) is 0.182. The van der Waals surface area contributed by atoms with Crippen LogP contribution in [-0.2, 0) is 0 Å². The molecule has 3 heteroatoms. The first kappa shape index (κ1) is 29.4. The number of nitrogens with zero attached hydrogens (tertiary/aromatic N) is 3. The SMILES string of the molecule is c1ccc(-c2nc(-c3ccc(-c4cccc5ccccc45)cc3)nc(-c3cccc(-c4ccc(-c5ccccc5)c5ccccc45)c3)n2)cc1. The van der Waals surface area contributed by atoms with Crippen molar-refractivity contribution in [3.63, 3.8) is 0 Å². The third kappa shape index (κ3) is 5.51. The van der Waals surface area contributed by atoms with Crippen molar-refractivity contribution < 1.29 is 0 Å². The summed E-state index contributed by atoms with van der Waals surface area (Å²) in [6.45, 7) is 0. The number of benzene rings is 8. The maximum absolute atomic E-state index is 5.08. The molecule has 0 amide bonds. The second-order valence-electron chi connectivity index (χ2n) is 12.4. The van der Waals surface area contributed by atoms with Gasteiger partial charge in [0.1, 0.15) is 0 Å². The second-order valence-corrected chi connectivity index (χ2v) is 12.4. The molecule has 0 aliphatic rings. The third-order valence-corrected chi connectivity index (χ3v) is 9.35. The van der Waals surface area contributed by atoms with Crippen molar-refractivity contribution in [2.75, 3.05) is 0 Å². The maximum Gasteiger partial charge on any atom is 0.164 e. The normalized spacial score (nSPS) is 11.2. The molecule has 0 saturated heterocycles. The van der Waals surface area contributed by atoms with Gasteiger partial charge >= 0.3 is 0 Å². The first-order valence-electron chi connectivity index (χ1n) is 16.9. The van der Waals surface area contributed by atoms with Gasteiger partial charge in [-0.1, -0.05) is 182 Å². The molecule has 0 fully saturated rings. The standard InChI is InChI=1S/C47H31N3/c1-3-13-32(14-4-1)41-29-30-42(44-23-10-9-22-43(41)44)37-19-11-20-38(31-37)47-49-45(35-16-5-2-6-17-35)48-46(50-47)36-27-25-34(26-28-36)40-24-12-18-33-15-7-8-21-39(33)40/h1-31H. The molecule has 234 valence electrons. The number of rotatable bonds is 6. The van der Waals surface area contributed by atoms with E-state index < -0.39 is 0 Å². The van der Waals surface area contributed by atoms with Gasteiger partial charge in [-0.15, -0.1) is 0 Å². The molecule has 0 N–H and O–H groups in total. The summed E-state index contributed by atoms with van der Waals surface area (Å²) >= 11 is 0. The van der Waals surface area contributed by atoms with E-state index in [1.807, 2.05) is 30.3 Å². The minimum atomic E-state index is 0.638. The monoisotopic (exact) mass is 637 g/mol. The molecule has 0 radical (unpaired) electrons. The smallest absolute Gasteiger partial charge is 0.164 e. The number of fused-ring (bicyclic) bond motifs is 2. The molecule has 1 heterocycles. The molecule has 9 rings (SSSR count). The summed E-state index contributed by atoms with van der Waals surface area (Å²) in [5, 5.41) is 4.89. The van der Waals surface area contributed by atoms with Crippen LogP contribution in [0.4, 0.5) is 0 Å². The zero-order chi connectivity index (χ0) is 33.3. The minimum absolute atomic E-state index is 0.638. The van der Waals surface area contributed by atoms with E-state index in [1.165, 1.54) is 43.8 Å². The van der Waals surface area contributed by atoms with E-state index in [1.54, 1.807) is 0 Å². The number of hydrogen-bond donors (Lipinski definition) is 0. The van der Waals surface area contributed by atoms with Crippen molar-refractivity contribution in [3.8, 4) is 67.5 Å². The average Bonchev–Trinajstić information content (AvgIpc) is 3.21. The van der Waals surface area contributed by atoms with Crippen LogP contribution in [0.3, 0.4) is 0 Å². The van der Waals surface area contributed by atoms with Crippen molar-refractivity contribution in [3.05, 3.63) is 188 Å². The molecule has 0 aliphatic heterocycles. The molecule has 0 saturated carbocycles. The number of hydrogen-bond acceptors (Lipinski definition) is 3. The van der Waals surface area contributed by atoms with Gasteiger partial charge in [-0.05, 0) is 61.0 Å². The lowest BCUT2D eigenvalue weighted by molar-refractivity contribution is 1.07. The van der Waals surface area contributed by atoms with Crippen LogP contribution >= 0.6 is 0 Å². The summed E-state index contributed by atoms with van der Waals surface area (Å²) < 4.78 is 0. The second kappa shape index (κ2) is 12.7. The highest BCUT2D eigenvalue weighted by Crippen LogP contribution is 2.37. The molecular weight excluding hydrogens is 607 g/mol. The summed E-state index contributed by atoms with van der Waals surface area (Å²) in [6, 6.07) is 65.9. The topological polar surface area (TPSA) is 38.7 Å². The molecular formula is C47H31N3. The number of aromatic nitrogens is 3. The highest BCUT2D eigenvalue weighted by molar-refractivity contribution is 6.05. The fourth-order valence-corrected chi connectivity index (χ4v) is 6.87. The van der Waals surface area contributed by atoms with Crippen LogP contribution < -0.4 is 0 Å². The van der Waals surface area contributed by atoms with Gasteiger partial charge in [0, 0.05) is 16.7 Å². The largest absolute Gasteiger partial charge is 0.208 e. The Kier molecular flexibility index (Phi) is 7.49. The highest BCUT2D eigenvalue weighted by atomic mass is 15.0. The van der Waals surface area contributed by atoms with Gasteiger partial charge in [0.2, 0.25) is 0 Å². The minimum Gasteiger partial charge on any atom is -0.208 e. The Labute approximate surface area is 291 Å². The molecule has 50 heavy (non-hydrogen) atoms. The third-order valence-electron chi connectivity index (χ3n) is 9.35. The van der Waals surface area contributed by atoms with Crippen molar-refractivity contribution >= 4 is 21.5 Å². The van der Waals surface area contributed by atoms with Crippen molar-refractivity contribution in [1.29, 1.82) is 0 Å². The molecule has 0 atom stereocenters.